The number of benzene rings is 1. The fourth-order valence-electron chi connectivity index (χ4n) is 1.86. The van der Waals surface area contributed by atoms with Crippen molar-refractivity contribution in [3.05, 3.63) is 34.6 Å². The van der Waals surface area contributed by atoms with Crippen molar-refractivity contribution in [2.75, 3.05) is 0 Å². The molecule has 1 aromatic rings. The Morgan fingerprint density at radius 2 is 1.50 bits per heavy atom. The Balaban J connectivity index is 0.000000771. The van der Waals surface area contributed by atoms with Crippen molar-refractivity contribution < 1.29 is 14.0 Å². The summed E-state index contributed by atoms with van der Waals surface area (Å²) in [5.41, 5.74) is 0.852. The zero-order valence-electron chi connectivity index (χ0n) is 11.4. The predicted octanol–water partition coefficient (Wildman–Crippen LogP) is 3.16. The second-order valence-electron chi connectivity index (χ2n) is 4.22. The summed E-state index contributed by atoms with van der Waals surface area (Å²) in [4.78, 5) is 24.9. The number of imide groups is 1. The van der Waals surface area contributed by atoms with Crippen LogP contribution >= 0.6 is 0 Å². The molecule has 0 N–H and O–H groups in total. The Kier molecular flexibility index (Phi) is 4.22. The lowest BCUT2D eigenvalue weighted by molar-refractivity contribution is 0.0609. The SMILES string of the molecule is CC.Cc1cc2c(cc1F)C(=O)N(C(C)C)C2=O. The van der Waals surface area contributed by atoms with Gasteiger partial charge in [0.1, 0.15) is 5.82 Å². The number of fused-ring (bicyclic) bond motifs is 1. The van der Waals surface area contributed by atoms with Gasteiger partial charge in [-0.15, -0.1) is 0 Å². The molecule has 1 aromatic carbocycles. The molecule has 98 valence electrons. The highest BCUT2D eigenvalue weighted by molar-refractivity contribution is 6.21. The molecule has 2 rings (SSSR count). The molecule has 0 bridgehead atoms. The van der Waals surface area contributed by atoms with Gasteiger partial charge in [-0.1, -0.05) is 13.8 Å². The highest BCUT2D eigenvalue weighted by Crippen LogP contribution is 2.26. The molecule has 0 aliphatic carbocycles. The van der Waals surface area contributed by atoms with Crippen LogP contribution in [-0.2, 0) is 0 Å². The first-order chi connectivity index (χ1) is 8.43. The number of carbonyl (C=O) groups excluding carboxylic acids is 2. The zero-order valence-corrected chi connectivity index (χ0v) is 11.4. The van der Waals surface area contributed by atoms with Gasteiger partial charge in [0.25, 0.3) is 11.8 Å². The Hall–Kier alpha value is -1.71. The first-order valence-corrected chi connectivity index (χ1v) is 6.11. The molecule has 0 fully saturated rings. The number of rotatable bonds is 1. The third kappa shape index (κ3) is 2.15. The normalized spacial score (nSPS) is 13.6. The number of halogens is 1. The average molecular weight is 251 g/mol. The van der Waals surface area contributed by atoms with E-state index in [0.717, 1.165) is 11.0 Å². The quantitative estimate of drug-likeness (QED) is 0.719. The maximum atomic E-state index is 13.3. The van der Waals surface area contributed by atoms with Gasteiger partial charge in [-0.05, 0) is 38.5 Å². The highest BCUT2D eigenvalue weighted by atomic mass is 19.1. The first-order valence-electron chi connectivity index (χ1n) is 6.11. The monoisotopic (exact) mass is 251 g/mol. The summed E-state index contributed by atoms with van der Waals surface area (Å²) in [5, 5.41) is 0. The Morgan fingerprint density at radius 1 is 1.06 bits per heavy atom. The van der Waals surface area contributed by atoms with E-state index in [2.05, 4.69) is 0 Å². The summed E-state index contributed by atoms with van der Waals surface area (Å²) in [6.45, 7) is 9.08. The summed E-state index contributed by atoms with van der Waals surface area (Å²) < 4.78 is 13.3. The number of nitrogens with zero attached hydrogens (tertiary/aromatic N) is 1. The largest absolute Gasteiger partial charge is 0.272 e. The fourth-order valence-corrected chi connectivity index (χ4v) is 1.86. The van der Waals surface area contributed by atoms with E-state index in [1.165, 1.54) is 6.07 Å². The smallest absolute Gasteiger partial charge is 0.261 e. The third-order valence-corrected chi connectivity index (χ3v) is 2.71. The number of carbonyl (C=O) groups is 2. The second kappa shape index (κ2) is 5.29. The summed E-state index contributed by atoms with van der Waals surface area (Å²) >= 11 is 0. The minimum atomic E-state index is -0.453. The van der Waals surface area contributed by atoms with Crippen molar-refractivity contribution in [2.45, 2.75) is 40.7 Å². The highest BCUT2D eigenvalue weighted by Gasteiger charge is 2.37. The van der Waals surface area contributed by atoms with Crippen LogP contribution in [-0.4, -0.2) is 22.8 Å². The molecule has 0 spiro atoms. The van der Waals surface area contributed by atoms with Crippen molar-refractivity contribution in [3.8, 4) is 0 Å². The maximum Gasteiger partial charge on any atom is 0.261 e. The van der Waals surface area contributed by atoms with Crippen LogP contribution in [0.5, 0.6) is 0 Å². The van der Waals surface area contributed by atoms with Gasteiger partial charge >= 0.3 is 0 Å². The van der Waals surface area contributed by atoms with Gasteiger partial charge < -0.3 is 0 Å². The predicted molar refractivity (Wildman–Crippen MR) is 68.1 cm³/mol. The Labute approximate surface area is 107 Å². The summed E-state index contributed by atoms with van der Waals surface area (Å²) in [6, 6.07) is 2.37. The van der Waals surface area contributed by atoms with Crippen LogP contribution in [0.25, 0.3) is 0 Å². The van der Waals surface area contributed by atoms with Gasteiger partial charge in [-0.2, -0.15) is 0 Å². The first kappa shape index (κ1) is 14.4. The molecule has 4 heteroatoms. The van der Waals surface area contributed by atoms with Gasteiger partial charge in [-0.3, -0.25) is 14.5 Å². The molecule has 0 saturated heterocycles. The van der Waals surface area contributed by atoms with Crippen molar-refractivity contribution in [2.24, 2.45) is 0 Å². The van der Waals surface area contributed by atoms with Crippen molar-refractivity contribution in [3.63, 3.8) is 0 Å². The standard InChI is InChI=1S/C12H12FNO2.C2H6/c1-6(2)14-11(15)8-4-7(3)10(13)5-9(8)12(14)16;1-2/h4-6H,1-3H3;1-2H3. The second-order valence-corrected chi connectivity index (χ2v) is 4.22. The molecule has 1 aliphatic rings. The van der Waals surface area contributed by atoms with Crippen LogP contribution in [0.3, 0.4) is 0 Å². The molecule has 1 heterocycles. The minimum absolute atomic E-state index is 0.168. The summed E-state index contributed by atoms with van der Waals surface area (Å²) in [6.07, 6.45) is 0. The van der Waals surface area contributed by atoms with Gasteiger partial charge in [0.2, 0.25) is 0 Å². The van der Waals surface area contributed by atoms with E-state index in [1.54, 1.807) is 20.8 Å². The molecule has 0 unspecified atom stereocenters. The van der Waals surface area contributed by atoms with E-state index < -0.39 is 11.7 Å². The van der Waals surface area contributed by atoms with E-state index in [4.69, 9.17) is 0 Å². The lowest BCUT2D eigenvalue weighted by atomic mass is 10.1. The Bertz CT molecular complexity index is 454. The lowest BCUT2D eigenvalue weighted by Crippen LogP contribution is -2.35. The molecule has 18 heavy (non-hydrogen) atoms. The van der Waals surface area contributed by atoms with Crippen LogP contribution < -0.4 is 0 Å². The number of hydrogen-bond acceptors (Lipinski definition) is 2. The summed E-state index contributed by atoms with van der Waals surface area (Å²) in [5.74, 6) is -1.20. The minimum Gasteiger partial charge on any atom is -0.272 e. The molecular formula is C14H18FNO2. The van der Waals surface area contributed by atoms with Gasteiger partial charge in [0, 0.05) is 6.04 Å². The molecule has 0 radical (unpaired) electrons. The van der Waals surface area contributed by atoms with Gasteiger partial charge in [-0.25, -0.2) is 4.39 Å². The molecule has 0 aromatic heterocycles. The molecule has 2 amide bonds. The van der Waals surface area contributed by atoms with E-state index in [-0.39, 0.29) is 17.5 Å². The number of amides is 2. The van der Waals surface area contributed by atoms with Crippen molar-refractivity contribution >= 4 is 11.8 Å². The zero-order chi connectivity index (χ0) is 14.0. The number of aryl methyl sites for hydroxylation is 1. The number of hydrogen-bond donors (Lipinski definition) is 0. The van der Waals surface area contributed by atoms with E-state index >= 15 is 0 Å². The van der Waals surface area contributed by atoms with Crippen molar-refractivity contribution in [1.82, 2.24) is 4.90 Å². The summed E-state index contributed by atoms with van der Waals surface area (Å²) in [7, 11) is 0. The van der Waals surface area contributed by atoms with Crippen molar-refractivity contribution in [1.29, 1.82) is 0 Å². The van der Waals surface area contributed by atoms with Crippen LogP contribution in [0.1, 0.15) is 54.0 Å². The van der Waals surface area contributed by atoms with Crippen LogP contribution in [0, 0.1) is 12.7 Å². The molecule has 0 saturated carbocycles. The van der Waals surface area contributed by atoms with Gasteiger partial charge in [0.05, 0.1) is 11.1 Å². The van der Waals surface area contributed by atoms with E-state index in [1.807, 2.05) is 13.8 Å². The van der Waals surface area contributed by atoms with E-state index in [9.17, 15) is 14.0 Å². The van der Waals surface area contributed by atoms with Crippen LogP contribution in [0.2, 0.25) is 0 Å². The van der Waals surface area contributed by atoms with Gasteiger partial charge in [0.15, 0.2) is 0 Å². The fraction of sp³-hybridized carbons (Fsp3) is 0.429. The molecule has 1 aliphatic heterocycles. The Morgan fingerprint density at radius 3 is 1.94 bits per heavy atom. The topological polar surface area (TPSA) is 37.4 Å². The average Bonchev–Trinajstić information content (AvgIpc) is 2.56. The third-order valence-electron chi connectivity index (χ3n) is 2.71. The molecular weight excluding hydrogens is 233 g/mol. The van der Waals surface area contributed by atoms with Crippen LogP contribution in [0.15, 0.2) is 12.1 Å². The molecule has 3 nitrogen and oxygen atoms in total. The van der Waals surface area contributed by atoms with Crippen LogP contribution in [0.4, 0.5) is 4.39 Å². The van der Waals surface area contributed by atoms with E-state index in [0.29, 0.717) is 11.1 Å². The lowest BCUT2D eigenvalue weighted by Gasteiger charge is -2.17. The molecule has 0 atom stereocenters. The maximum absolute atomic E-state index is 13.3.